The summed E-state index contributed by atoms with van der Waals surface area (Å²) in [6.07, 6.45) is 1.74. The summed E-state index contributed by atoms with van der Waals surface area (Å²) in [4.78, 5) is 25.5. The Morgan fingerprint density at radius 2 is 2.00 bits per heavy atom. The van der Waals surface area contributed by atoms with Crippen LogP contribution in [0.2, 0.25) is 0 Å². The van der Waals surface area contributed by atoms with Crippen molar-refractivity contribution in [2.75, 3.05) is 6.61 Å². The van der Waals surface area contributed by atoms with Gasteiger partial charge in [0.15, 0.2) is 4.32 Å². The van der Waals surface area contributed by atoms with Crippen molar-refractivity contribution in [2.45, 2.75) is 13.8 Å². The van der Waals surface area contributed by atoms with E-state index < -0.39 is 0 Å². The molecule has 2 aromatic carbocycles. The molecule has 1 heterocycles. The summed E-state index contributed by atoms with van der Waals surface area (Å²) in [5, 5.41) is 1.11. The Kier molecular flexibility index (Phi) is 5.93. The normalized spacial score (nSPS) is 15.3. The van der Waals surface area contributed by atoms with Crippen molar-refractivity contribution in [1.29, 1.82) is 0 Å². The third-order valence-electron chi connectivity index (χ3n) is 3.79. The number of nitrogens with zero attached hydrogens (tertiary/aromatic N) is 1. The number of rotatable bonds is 5. The molecule has 1 aliphatic rings. The molecule has 5 nitrogen and oxygen atoms in total. The smallest absolute Gasteiger partial charge is 0.285 e. The topological polar surface area (TPSA) is 58.6 Å². The van der Waals surface area contributed by atoms with Crippen molar-refractivity contribution in [2.24, 2.45) is 0 Å². The average Bonchev–Trinajstić information content (AvgIpc) is 2.90. The minimum absolute atomic E-state index is 0.285. The van der Waals surface area contributed by atoms with Gasteiger partial charge in [0.25, 0.3) is 11.8 Å². The van der Waals surface area contributed by atoms with Crippen LogP contribution in [0, 0.1) is 6.92 Å². The third-order valence-corrected chi connectivity index (χ3v) is 5.09. The fraction of sp³-hybridized carbons (Fsp3) is 0.150. The average molecular weight is 399 g/mol. The number of thioether (sulfide) groups is 1. The van der Waals surface area contributed by atoms with Crippen molar-refractivity contribution in [3.63, 3.8) is 0 Å². The van der Waals surface area contributed by atoms with Crippen LogP contribution in [-0.2, 0) is 4.79 Å². The van der Waals surface area contributed by atoms with Gasteiger partial charge in [-0.1, -0.05) is 41.6 Å². The number of hydrazine groups is 1. The Bertz CT molecular complexity index is 923. The van der Waals surface area contributed by atoms with Gasteiger partial charge in [-0.2, -0.15) is 5.01 Å². The van der Waals surface area contributed by atoms with Crippen molar-refractivity contribution in [3.8, 4) is 5.75 Å². The van der Waals surface area contributed by atoms with Gasteiger partial charge in [0.1, 0.15) is 5.75 Å². The number of carbonyl (C=O) groups excluding carboxylic acids is 2. The second-order valence-electron chi connectivity index (χ2n) is 5.83. The lowest BCUT2D eigenvalue weighted by atomic mass is 10.1. The summed E-state index contributed by atoms with van der Waals surface area (Å²) in [6, 6.07) is 14.5. The first-order valence-corrected chi connectivity index (χ1v) is 9.59. The number of hydrogen-bond donors (Lipinski definition) is 1. The number of carbonyl (C=O) groups is 2. The number of thiocarbonyl (C=S) groups is 1. The Morgan fingerprint density at radius 1 is 1.26 bits per heavy atom. The second-order valence-corrected chi connectivity index (χ2v) is 7.51. The van der Waals surface area contributed by atoms with E-state index in [2.05, 4.69) is 5.43 Å². The Labute approximate surface area is 167 Å². The van der Waals surface area contributed by atoms with Gasteiger partial charge >= 0.3 is 0 Å². The number of amides is 2. The zero-order valence-electron chi connectivity index (χ0n) is 14.9. The number of hydrogen-bond acceptors (Lipinski definition) is 5. The lowest BCUT2D eigenvalue weighted by Crippen LogP contribution is -2.44. The molecule has 0 unspecified atom stereocenters. The maximum Gasteiger partial charge on any atom is 0.285 e. The predicted molar refractivity (Wildman–Crippen MR) is 111 cm³/mol. The highest BCUT2D eigenvalue weighted by molar-refractivity contribution is 8.26. The van der Waals surface area contributed by atoms with Crippen LogP contribution in [0.5, 0.6) is 5.75 Å². The lowest BCUT2D eigenvalue weighted by Gasteiger charge is -2.15. The van der Waals surface area contributed by atoms with Gasteiger partial charge in [0.2, 0.25) is 0 Å². The molecular formula is C20H18N2O3S2. The molecule has 1 fully saturated rings. The summed E-state index contributed by atoms with van der Waals surface area (Å²) >= 11 is 6.40. The van der Waals surface area contributed by atoms with E-state index in [1.807, 2.05) is 50.2 Å². The van der Waals surface area contributed by atoms with E-state index in [9.17, 15) is 9.59 Å². The van der Waals surface area contributed by atoms with Crippen LogP contribution in [0.4, 0.5) is 0 Å². The highest BCUT2D eigenvalue weighted by atomic mass is 32.2. The van der Waals surface area contributed by atoms with Crippen LogP contribution in [-0.4, -0.2) is 27.8 Å². The molecule has 1 aliphatic heterocycles. The first-order chi connectivity index (χ1) is 13.0. The molecule has 1 N–H and O–H groups in total. The maximum atomic E-state index is 12.7. The van der Waals surface area contributed by atoms with E-state index in [4.69, 9.17) is 17.0 Å². The molecule has 0 aliphatic carbocycles. The fourth-order valence-electron chi connectivity index (χ4n) is 2.45. The molecule has 2 aromatic rings. The quantitative estimate of drug-likeness (QED) is 0.611. The second kappa shape index (κ2) is 8.37. The number of aryl methyl sites for hydroxylation is 1. The highest BCUT2D eigenvalue weighted by Crippen LogP contribution is 2.32. The van der Waals surface area contributed by atoms with E-state index in [0.717, 1.165) is 33.6 Å². The van der Waals surface area contributed by atoms with Crippen LogP contribution in [0.25, 0.3) is 6.08 Å². The first-order valence-electron chi connectivity index (χ1n) is 8.36. The molecule has 0 atom stereocenters. The molecule has 138 valence electrons. The van der Waals surface area contributed by atoms with Gasteiger partial charge in [-0.15, -0.1) is 0 Å². The maximum absolute atomic E-state index is 12.7. The minimum atomic E-state index is -0.383. The molecule has 2 amide bonds. The molecule has 3 rings (SSSR count). The molecule has 1 saturated heterocycles. The zero-order valence-corrected chi connectivity index (χ0v) is 16.5. The third kappa shape index (κ3) is 4.56. The summed E-state index contributed by atoms with van der Waals surface area (Å²) < 4.78 is 5.76. The van der Waals surface area contributed by atoms with Gasteiger partial charge in [-0.25, -0.2) is 0 Å². The van der Waals surface area contributed by atoms with Gasteiger partial charge in [-0.05, 0) is 62.0 Å². The van der Waals surface area contributed by atoms with Gasteiger partial charge in [-0.3, -0.25) is 15.0 Å². The van der Waals surface area contributed by atoms with Crippen molar-refractivity contribution < 1.29 is 14.3 Å². The molecule has 27 heavy (non-hydrogen) atoms. The standard InChI is InChI=1S/C20H18N2O3S2/c1-3-25-16-6-4-5-14(11-16)12-17-19(24)22(20(26)27-17)21-18(23)15-9-7-13(2)8-10-15/h4-12H,3H2,1-2H3,(H,21,23)/b17-12+. The monoisotopic (exact) mass is 398 g/mol. The van der Waals surface area contributed by atoms with Gasteiger partial charge in [0, 0.05) is 5.56 Å². The van der Waals surface area contributed by atoms with Crippen LogP contribution in [0.15, 0.2) is 53.4 Å². The number of benzene rings is 2. The van der Waals surface area contributed by atoms with Crippen molar-refractivity contribution in [3.05, 3.63) is 70.1 Å². The van der Waals surface area contributed by atoms with Crippen LogP contribution >= 0.6 is 24.0 Å². The molecule has 0 saturated carbocycles. The molecule has 0 radical (unpaired) electrons. The van der Waals surface area contributed by atoms with Crippen LogP contribution in [0.3, 0.4) is 0 Å². The highest BCUT2D eigenvalue weighted by Gasteiger charge is 2.33. The van der Waals surface area contributed by atoms with Crippen molar-refractivity contribution in [1.82, 2.24) is 10.4 Å². The minimum Gasteiger partial charge on any atom is -0.494 e. The van der Waals surface area contributed by atoms with Gasteiger partial charge < -0.3 is 4.74 Å². The predicted octanol–water partition coefficient (Wildman–Crippen LogP) is 3.94. The molecular weight excluding hydrogens is 380 g/mol. The summed E-state index contributed by atoms with van der Waals surface area (Å²) in [6.45, 7) is 4.42. The van der Waals surface area contributed by atoms with Gasteiger partial charge in [0.05, 0.1) is 11.5 Å². The molecule has 0 bridgehead atoms. The van der Waals surface area contributed by atoms with E-state index in [1.54, 1.807) is 18.2 Å². The van der Waals surface area contributed by atoms with Crippen LogP contribution < -0.4 is 10.2 Å². The van der Waals surface area contributed by atoms with E-state index in [0.29, 0.717) is 17.1 Å². The Balaban J connectivity index is 1.75. The Hall–Kier alpha value is -2.64. The number of ether oxygens (including phenoxy) is 1. The molecule has 0 spiro atoms. The zero-order chi connectivity index (χ0) is 19.4. The van der Waals surface area contributed by atoms with Crippen molar-refractivity contribution >= 4 is 46.2 Å². The largest absolute Gasteiger partial charge is 0.494 e. The Morgan fingerprint density at radius 3 is 2.70 bits per heavy atom. The molecule has 0 aromatic heterocycles. The fourth-order valence-corrected chi connectivity index (χ4v) is 3.63. The summed E-state index contributed by atoms with van der Waals surface area (Å²) in [5.74, 6) is -0.00688. The lowest BCUT2D eigenvalue weighted by molar-refractivity contribution is -0.123. The van der Waals surface area contributed by atoms with E-state index in [1.165, 1.54) is 0 Å². The van der Waals surface area contributed by atoms with Crippen LogP contribution in [0.1, 0.15) is 28.4 Å². The van der Waals surface area contributed by atoms with E-state index >= 15 is 0 Å². The first kappa shape index (κ1) is 19.1. The summed E-state index contributed by atoms with van der Waals surface area (Å²) in [7, 11) is 0. The SMILES string of the molecule is CCOc1cccc(/C=C2/SC(=S)N(NC(=O)c3ccc(C)cc3)C2=O)c1. The van der Waals surface area contributed by atoms with E-state index in [-0.39, 0.29) is 16.1 Å². The molecule has 7 heteroatoms. The number of nitrogens with one attached hydrogen (secondary N) is 1. The summed E-state index contributed by atoms with van der Waals surface area (Å²) in [5.41, 5.74) is 4.92.